The van der Waals surface area contributed by atoms with E-state index in [-0.39, 0.29) is 17.5 Å². The van der Waals surface area contributed by atoms with Crippen molar-refractivity contribution in [2.24, 2.45) is 0 Å². The predicted molar refractivity (Wildman–Crippen MR) is 164 cm³/mol. The Hall–Kier alpha value is -6.00. The van der Waals surface area contributed by atoms with Gasteiger partial charge in [-0.25, -0.2) is 15.0 Å². The number of aromatic hydroxyl groups is 5. The number of para-hydroxylation sites is 2. The summed E-state index contributed by atoms with van der Waals surface area (Å²) in [4.78, 5) is 13.7. The van der Waals surface area contributed by atoms with Crippen LogP contribution in [-0.4, -0.2) is 40.5 Å². The Balaban J connectivity index is 1.41. The van der Waals surface area contributed by atoms with Gasteiger partial charge in [-0.15, -0.1) is 0 Å². The van der Waals surface area contributed by atoms with Gasteiger partial charge in [-0.3, -0.25) is 0 Å². The molecule has 10 nitrogen and oxygen atoms in total. The van der Waals surface area contributed by atoms with Crippen LogP contribution in [0.5, 0.6) is 28.7 Å². The molecule has 5 N–H and O–H groups in total. The zero-order valence-electron chi connectivity index (χ0n) is 22.3. The average molecular weight is 604 g/mol. The summed E-state index contributed by atoms with van der Waals surface area (Å²) < 4.78 is 12.2. The SMILES string of the molecule is Oc1c(O)c(O)c(-c2nc(-c3ccc4c(c3)oc3cc(Cl)ccc34)nc(-c3cccc4c3oc3ccccc34)n2)c(O)c1O. The van der Waals surface area contributed by atoms with Crippen LogP contribution in [0, 0.1) is 0 Å². The van der Waals surface area contributed by atoms with E-state index in [2.05, 4.69) is 9.97 Å². The van der Waals surface area contributed by atoms with E-state index < -0.39 is 34.3 Å². The highest BCUT2D eigenvalue weighted by Gasteiger charge is 2.28. The first-order chi connectivity index (χ1) is 21.3. The Morgan fingerprint density at radius 1 is 0.500 bits per heavy atom. The van der Waals surface area contributed by atoms with Crippen LogP contribution in [0.2, 0.25) is 5.02 Å². The smallest absolute Gasteiger partial charge is 0.208 e. The van der Waals surface area contributed by atoms with Crippen LogP contribution in [0.3, 0.4) is 0 Å². The van der Waals surface area contributed by atoms with Crippen LogP contribution in [0.25, 0.3) is 78.0 Å². The first-order valence-corrected chi connectivity index (χ1v) is 13.6. The fourth-order valence-electron chi connectivity index (χ4n) is 5.45. The van der Waals surface area contributed by atoms with Crippen LogP contribution >= 0.6 is 11.6 Å². The van der Waals surface area contributed by atoms with Crippen LogP contribution in [0.15, 0.2) is 87.7 Å². The zero-order chi connectivity index (χ0) is 30.3. The standard InChI is InChI=1S/C33H18ClN3O7/c34-15-9-11-18-17-10-8-14(12-22(17)43-23(18)13-15)31-35-32(20-6-3-5-19-16-4-1-2-7-21(16)44-30(19)20)37-33(36-31)24-25(38)27(40)29(42)28(41)26(24)39/h1-13,38-42H. The average Bonchev–Trinajstić information content (AvgIpc) is 3.60. The van der Waals surface area contributed by atoms with E-state index in [0.29, 0.717) is 38.5 Å². The number of hydrogen-bond donors (Lipinski definition) is 5. The largest absolute Gasteiger partial charge is 0.504 e. The fourth-order valence-corrected chi connectivity index (χ4v) is 5.61. The lowest BCUT2D eigenvalue weighted by Crippen LogP contribution is -2.01. The van der Waals surface area contributed by atoms with E-state index in [4.69, 9.17) is 25.4 Å². The lowest BCUT2D eigenvalue weighted by atomic mass is 10.1. The van der Waals surface area contributed by atoms with Crippen molar-refractivity contribution >= 4 is 55.5 Å². The van der Waals surface area contributed by atoms with Crippen molar-refractivity contribution < 1.29 is 34.4 Å². The highest BCUT2D eigenvalue weighted by molar-refractivity contribution is 6.31. The van der Waals surface area contributed by atoms with E-state index in [1.165, 1.54) is 0 Å². The minimum absolute atomic E-state index is 0.108. The molecule has 0 saturated heterocycles. The highest BCUT2D eigenvalue weighted by Crippen LogP contribution is 2.54. The number of hydrogen-bond acceptors (Lipinski definition) is 10. The van der Waals surface area contributed by atoms with Gasteiger partial charge < -0.3 is 34.4 Å². The normalized spacial score (nSPS) is 11.8. The quantitative estimate of drug-likeness (QED) is 0.0990. The minimum atomic E-state index is -1.10. The first kappa shape index (κ1) is 25.7. The van der Waals surface area contributed by atoms with Crippen molar-refractivity contribution in [3.8, 4) is 62.9 Å². The molecular weight excluding hydrogens is 586 g/mol. The van der Waals surface area contributed by atoms with E-state index in [1.807, 2.05) is 48.5 Å². The zero-order valence-corrected chi connectivity index (χ0v) is 23.0. The van der Waals surface area contributed by atoms with Gasteiger partial charge in [0.25, 0.3) is 0 Å². The number of phenolic OH excluding ortho intramolecular Hbond substituents is 5. The molecule has 3 heterocycles. The molecule has 3 aromatic heterocycles. The molecule has 0 saturated carbocycles. The van der Waals surface area contributed by atoms with Gasteiger partial charge in [0.1, 0.15) is 27.9 Å². The number of nitrogens with zero attached hydrogens (tertiary/aromatic N) is 3. The number of rotatable bonds is 3. The van der Waals surface area contributed by atoms with E-state index in [9.17, 15) is 25.5 Å². The molecule has 8 aromatic rings. The molecule has 0 fully saturated rings. The van der Waals surface area contributed by atoms with E-state index in [1.54, 1.807) is 30.3 Å². The van der Waals surface area contributed by atoms with Crippen molar-refractivity contribution in [1.29, 1.82) is 0 Å². The van der Waals surface area contributed by atoms with Gasteiger partial charge in [-0.05, 0) is 36.4 Å². The molecule has 0 aliphatic carbocycles. The molecule has 0 atom stereocenters. The minimum Gasteiger partial charge on any atom is -0.504 e. The number of aromatic nitrogens is 3. The van der Waals surface area contributed by atoms with Gasteiger partial charge in [0.05, 0.1) is 5.56 Å². The molecule has 8 rings (SSSR count). The summed E-state index contributed by atoms with van der Waals surface area (Å²) in [6, 6.07) is 23.8. The first-order valence-electron chi connectivity index (χ1n) is 13.3. The highest BCUT2D eigenvalue weighted by atomic mass is 35.5. The van der Waals surface area contributed by atoms with Crippen LogP contribution in [-0.2, 0) is 0 Å². The molecule has 11 heteroatoms. The van der Waals surface area contributed by atoms with Gasteiger partial charge in [0.15, 0.2) is 29.0 Å². The third-order valence-corrected chi connectivity index (χ3v) is 7.80. The lowest BCUT2D eigenvalue weighted by molar-refractivity contribution is 0.329. The summed E-state index contributed by atoms with van der Waals surface area (Å²) >= 11 is 6.16. The monoisotopic (exact) mass is 603 g/mol. The van der Waals surface area contributed by atoms with Gasteiger partial charge in [0, 0.05) is 38.2 Å². The van der Waals surface area contributed by atoms with E-state index in [0.717, 1.165) is 21.5 Å². The fraction of sp³-hybridized carbons (Fsp3) is 0. The molecule has 214 valence electrons. The predicted octanol–water partition coefficient (Wildman–Crippen LogP) is 7.85. The molecule has 0 radical (unpaired) electrons. The van der Waals surface area contributed by atoms with Crippen molar-refractivity contribution in [3.63, 3.8) is 0 Å². The van der Waals surface area contributed by atoms with Gasteiger partial charge in [-0.1, -0.05) is 48.0 Å². The third kappa shape index (κ3) is 3.71. The number of furan rings is 2. The molecule has 0 bridgehead atoms. The van der Waals surface area contributed by atoms with Crippen molar-refractivity contribution in [1.82, 2.24) is 15.0 Å². The number of halogens is 1. The molecule has 0 unspecified atom stereocenters. The summed E-state index contributed by atoms with van der Waals surface area (Å²) in [5.74, 6) is -5.15. The van der Waals surface area contributed by atoms with Crippen molar-refractivity contribution in [3.05, 3.63) is 83.9 Å². The summed E-state index contributed by atoms with van der Waals surface area (Å²) in [6.07, 6.45) is 0. The Bertz CT molecular complexity index is 2460. The second-order valence-electron chi connectivity index (χ2n) is 10.2. The maximum atomic E-state index is 10.7. The second-order valence-corrected chi connectivity index (χ2v) is 10.6. The molecular formula is C33H18ClN3O7. The molecule has 0 aliphatic heterocycles. The maximum absolute atomic E-state index is 10.7. The molecule has 0 spiro atoms. The molecule has 0 amide bonds. The number of benzene rings is 5. The van der Waals surface area contributed by atoms with Crippen LogP contribution in [0.1, 0.15) is 0 Å². The number of fused-ring (bicyclic) bond motifs is 6. The molecule has 44 heavy (non-hydrogen) atoms. The van der Waals surface area contributed by atoms with Crippen molar-refractivity contribution in [2.75, 3.05) is 0 Å². The number of phenols is 5. The topological polar surface area (TPSA) is 166 Å². The van der Waals surface area contributed by atoms with Gasteiger partial charge >= 0.3 is 0 Å². The summed E-state index contributed by atoms with van der Waals surface area (Å²) in [5, 5.41) is 55.9. The Morgan fingerprint density at radius 3 is 1.91 bits per heavy atom. The lowest BCUT2D eigenvalue weighted by Gasteiger charge is -2.13. The van der Waals surface area contributed by atoms with Crippen LogP contribution < -0.4 is 0 Å². The Labute approximate surface area is 251 Å². The van der Waals surface area contributed by atoms with Crippen molar-refractivity contribution in [2.45, 2.75) is 0 Å². The Kier molecular flexibility index (Phi) is 5.40. The van der Waals surface area contributed by atoms with Gasteiger partial charge in [-0.2, -0.15) is 0 Å². The molecule has 0 aliphatic rings. The Morgan fingerprint density at radius 2 is 1.11 bits per heavy atom. The molecule has 5 aromatic carbocycles. The van der Waals surface area contributed by atoms with Gasteiger partial charge in [0.2, 0.25) is 17.2 Å². The summed E-state index contributed by atoms with van der Waals surface area (Å²) in [5.41, 5.74) is 2.75. The van der Waals surface area contributed by atoms with E-state index >= 15 is 0 Å². The maximum Gasteiger partial charge on any atom is 0.208 e. The second kappa shape index (κ2) is 9.25. The summed E-state index contributed by atoms with van der Waals surface area (Å²) in [7, 11) is 0. The summed E-state index contributed by atoms with van der Waals surface area (Å²) in [6.45, 7) is 0. The third-order valence-electron chi connectivity index (χ3n) is 7.57. The van der Waals surface area contributed by atoms with Crippen LogP contribution in [0.4, 0.5) is 0 Å².